The van der Waals surface area contributed by atoms with E-state index >= 15 is 0 Å². The average Bonchev–Trinajstić information content (AvgIpc) is 2.42. The first-order valence-corrected chi connectivity index (χ1v) is 7.77. The van der Waals surface area contributed by atoms with Crippen LogP contribution in [0.25, 0.3) is 11.0 Å². The summed E-state index contributed by atoms with van der Waals surface area (Å²) in [7, 11) is 3.06. The molecule has 1 aromatic heterocycles. The SMILES string of the molecule is Br.COc1cc2oc(=O)cc(C[Se]C(=N)N)c2cc1OC. The van der Waals surface area contributed by atoms with E-state index in [1.165, 1.54) is 13.2 Å². The third-order valence-electron chi connectivity index (χ3n) is 2.72. The summed E-state index contributed by atoms with van der Waals surface area (Å²) in [5.41, 5.74) is 6.19. The van der Waals surface area contributed by atoms with Gasteiger partial charge in [-0.25, -0.2) is 0 Å². The number of methoxy groups -OCH3 is 2. The molecule has 2 rings (SSSR count). The van der Waals surface area contributed by atoms with Crippen LogP contribution < -0.4 is 20.8 Å². The van der Waals surface area contributed by atoms with Crippen LogP contribution in [0.3, 0.4) is 0 Å². The van der Waals surface area contributed by atoms with Crippen LogP contribution in [-0.2, 0) is 5.32 Å². The van der Waals surface area contributed by atoms with E-state index in [1.807, 2.05) is 0 Å². The summed E-state index contributed by atoms with van der Waals surface area (Å²) < 4.78 is 15.8. The van der Waals surface area contributed by atoms with Gasteiger partial charge in [0.05, 0.1) is 0 Å². The third kappa shape index (κ3) is 4.00. The number of fused-ring (bicyclic) bond motifs is 1. The van der Waals surface area contributed by atoms with E-state index in [4.69, 9.17) is 25.0 Å². The van der Waals surface area contributed by atoms with E-state index in [0.717, 1.165) is 10.9 Å². The Labute approximate surface area is 138 Å². The number of nitrogens with two attached hydrogens (primary N) is 1. The second-order valence-corrected chi connectivity index (χ2v) is 6.08. The Bertz CT molecular complexity index is 717. The van der Waals surface area contributed by atoms with Crippen molar-refractivity contribution in [1.82, 2.24) is 0 Å². The van der Waals surface area contributed by atoms with E-state index < -0.39 is 5.63 Å². The van der Waals surface area contributed by atoms with Crippen LogP contribution in [0.1, 0.15) is 5.56 Å². The fourth-order valence-electron chi connectivity index (χ4n) is 1.83. The summed E-state index contributed by atoms with van der Waals surface area (Å²) in [5, 5.41) is 8.63. The Morgan fingerprint density at radius 1 is 1.29 bits per heavy atom. The summed E-state index contributed by atoms with van der Waals surface area (Å²) in [6, 6.07) is 4.82. The summed E-state index contributed by atoms with van der Waals surface area (Å²) in [6.45, 7) is 0. The van der Waals surface area contributed by atoms with Crippen molar-refractivity contribution in [3.8, 4) is 11.5 Å². The molecule has 1 heterocycles. The van der Waals surface area contributed by atoms with Crippen molar-refractivity contribution >= 4 is 47.6 Å². The molecule has 0 aliphatic rings. The predicted molar refractivity (Wildman–Crippen MR) is 87.3 cm³/mol. The zero-order chi connectivity index (χ0) is 14.7. The van der Waals surface area contributed by atoms with Crippen molar-refractivity contribution < 1.29 is 13.9 Å². The molecule has 3 N–H and O–H groups in total. The molecule has 0 aliphatic carbocycles. The molecule has 0 unspecified atom stereocenters. The van der Waals surface area contributed by atoms with Crippen LogP contribution in [0.4, 0.5) is 0 Å². The Morgan fingerprint density at radius 2 is 1.90 bits per heavy atom. The average molecular weight is 422 g/mol. The molecule has 0 radical (unpaired) electrons. The van der Waals surface area contributed by atoms with Crippen molar-refractivity contribution in [2.24, 2.45) is 5.73 Å². The fourth-order valence-corrected chi connectivity index (χ4v) is 2.98. The third-order valence-corrected chi connectivity index (χ3v) is 4.33. The van der Waals surface area contributed by atoms with Gasteiger partial charge in [0, 0.05) is 0 Å². The number of ether oxygens (including phenoxy) is 2. The zero-order valence-corrected chi connectivity index (χ0v) is 14.9. The maximum atomic E-state index is 11.6. The number of benzene rings is 1. The van der Waals surface area contributed by atoms with Crippen molar-refractivity contribution in [3.05, 3.63) is 34.2 Å². The minimum atomic E-state index is -0.431. The molecule has 1 aromatic carbocycles. The van der Waals surface area contributed by atoms with Gasteiger partial charge in [0.2, 0.25) is 0 Å². The molecule has 0 fully saturated rings. The van der Waals surface area contributed by atoms with Crippen LogP contribution in [0.15, 0.2) is 27.4 Å². The van der Waals surface area contributed by atoms with Crippen LogP contribution in [0.2, 0.25) is 0 Å². The summed E-state index contributed by atoms with van der Waals surface area (Å²) in [6.07, 6.45) is 0. The number of rotatable bonds is 5. The number of nitrogens with one attached hydrogen (secondary N) is 1. The van der Waals surface area contributed by atoms with E-state index in [0.29, 0.717) is 22.4 Å². The van der Waals surface area contributed by atoms with Gasteiger partial charge in [-0.1, -0.05) is 0 Å². The molecule has 0 amide bonds. The Balaban J connectivity index is 0.00000220. The van der Waals surface area contributed by atoms with Gasteiger partial charge >= 0.3 is 121 Å². The van der Waals surface area contributed by atoms with Crippen molar-refractivity contribution in [2.75, 3.05) is 14.2 Å². The van der Waals surface area contributed by atoms with Crippen molar-refractivity contribution in [1.29, 1.82) is 5.41 Å². The fraction of sp³-hybridized carbons (Fsp3) is 0.231. The summed E-state index contributed by atoms with van der Waals surface area (Å²) in [4.78, 5) is 11.6. The van der Waals surface area contributed by atoms with Gasteiger partial charge in [0.1, 0.15) is 0 Å². The first kappa shape index (κ1) is 17.6. The molecule has 0 saturated heterocycles. The van der Waals surface area contributed by atoms with Gasteiger partial charge < -0.3 is 0 Å². The topological polar surface area (TPSA) is 98.5 Å². The molecule has 0 bridgehead atoms. The quantitative estimate of drug-likeness (QED) is 0.329. The molecule has 8 heteroatoms. The molecule has 0 spiro atoms. The van der Waals surface area contributed by atoms with Gasteiger partial charge in [0.25, 0.3) is 0 Å². The molecule has 6 nitrogen and oxygen atoms in total. The van der Waals surface area contributed by atoms with Gasteiger partial charge in [-0.05, 0) is 0 Å². The molecule has 2 aromatic rings. The maximum absolute atomic E-state index is 11.6. The van der Waals surface area contributed by atoms with E-state index in [1.54, 1.807) is 19.2 Å². The first-order valence-electron chi connectivity index (χ1n) is 5.70. The van der Waals surface area contributed by atoms with Crippen LogP contribution in [0, 0.1) is 5.41 Å². The Kier molecular flexibility index (Phi) is 6.26. The van der Waals surface area contributed by atoms with Crippen LogP contribution in [0.5, 0.6) is 11.5 Å². The van der Waals surface area contributed by atoms with Crippen molar-refractivity contribution in [2.45, 2.75) is 5.32 Å². The Hall–Kier alpha value is -1.50. The minimum absolute atomic E-state index is 0. The molecule has 21 heavy (non-hydrogen) atoms. The number of amidine groups is 1. The van der Waals surface area contributed by atoms with Gasteiger partial charge in [-0.15, -0.1) is 17.0 Å². The van der Waals surface area contributed by atoms with Crippen LogP contribution in [-0.4, -0.2) is 33.9 Å². The van der Waals surface area contributed by atoms with Gasteiger partial charge in [-0.3, -0.25) is 0 Å². The predicted octanol–water partition coefficient (Wildman–Crippen LogP) is 1.49. The Morgan fingerprint density at radius 3 is 2.48 bits per heavy atom. The second kappa shape index (κ2) is 7.49. The van der Waals surface area contributed by atoms with E-state index in [2.05, 4.69) is 0 Å². The zero-order valence-electron chi connectivity index (χ0n) is 11.5. The standard InChI is InChI=1S/C13H14N2O4Se.BrH/c1-17-10-4-8-7(6-20-13(14)15)3-12(16)19-9(8)5-11(10)18-2;/h3-5H,6H2,1-2H3,(H3,14,15);1H. The van der Waals surface area contributed by atoms with Crippen LogP contribution >= 0.6 is 17.0 Å². The first-order chi connectivity index (χ1) is 9.55. The van der Waals surface area contributed by atoms with Crippen molar-refractivity contribution in [3.63, 3.8) is 0 Å². The normalized spacial score (nSPS) is 10.0. The molecular formula is C13H15BrN2O4Se. The molecule has 0 saturated carbocycles. The monoisotopic (exact) mass is 422 g/mol. The molecule has 0 atom stereocenters. The number of hydrogen-bond donors (Lipinski definition) is 2. The molecule has 0 aliphatic heterocycles. The summed E-state index contributed by atoms with van der Waals surface area (Å²) in [5.74, 6) is 1.06. The number of halogens is 1. The second-order valence-electron chi connectivity index (χ2n) is 3.95. The number of hydrogen-bond acceptors (Lipinski definition) is 5. The van der Waals surface area contributed by atoms with E-state index in [9.17, 15) is 4.79 Å². The summed E-state index contributed by atoms with van der Waals surface area (Å²) >= 11 is -0.187. The molecular weight excluding hydrogens is 407 g/mol. The molecule has 114 valence electrons. The van der Waals surface area contributed by atoms with E-state index in [-0.39, 0.29) is 36.7 Å². The van der Waals surface area contributed by atoms with Gasteiger partial charge in [-0.2, -0.15) is 0 Å². The van der Waals surface area contributed by atoms with Gasteiger partial charge in [0.15, 0.2) is 0 Å².